The molecule has 3 nitrogen and oxygen atoms in total. The number of benzene rings is 1. The highest BCUT2D eigenvalue weighted by Crippen LogP contribution is 2.14. The summed E-state index contributed by atoms with van der Waals surface area (Å²) in [6, 6.07) is 8.27. The number of ether oxygens (including phenoxy) is 1. The molecule has 1 aromatic carbocycles. The number of methoxy groups -OCH3 is 1. The molecule has 0 spiro atoms. The quantitative estimate of drug-likeness (QED) is 0.715. The van der Waals surface area contributed by atoms with Gasteiger partial charge < -0.3 is 15.4 Å². The van der Waals surface area contributed by atoms with Crippen LogP contribution in [0.3, 0.4) is 0 Å². The maximum absolute atomic E-state index is 4.94. The first-order valence-electron chi connectivity index (χ1n) is 5.48. The molecule has 90 valence electrons. The summed E-state index contributed by atoms with van der Waals surface area (Å²) in [6.07, 6.45) is 0. The molecular formula is C12H19BrN2O. The second kappa shape index (κ2) is 8.70. The highest BCUT2D eigenvalue weighted by Gasteiger charge is 1.96. The normalized spacial score (nSPS) is 10.6. The van der Waals surface area contributed by atoms with Crippen molar-refractivity contribution in [1.82, 2.24) is 10.6 Å². The minimum absolute atomic E-state index is 0.768. The first-order chi connectivity index (χ1) is 7.84. The zero-order valence-electron chi connectivity index (χ0n) is 9.63. The summed E-state index contributed by atoms with van der Waals surface area (Å²) in [6.45, 7) is 4.50. The lowest BCUT2D eigenvalue weighted by Crippen LogP contribution is -2.29. The van der Waals surface area contributed by atoms with E-state index < -0.39 is 0 Å². The predicted octanol–water partition coefficient (Wildman–Crippen LogP) is 1.77. The van der Waals surface area contributed by atoms with Crippen LogP contribution in [0.25, 0.3) is 0 Å². The maximum atomic E-state index is 4.94. The average Bonchev–Trinajstić information content (AvgIpc) is 2.30. The van der Waals surface area contributed by atoms with Crippen molar-refractivity contribution < 1.29 is 4.74 Å². The van der Waals surface area contributed by atoms with Crippen molar-refractivity contribution in [3.63, 3.8) is 0 Å². The second-order valence-corrected chi connectivity index (χ2v) is 4.37. The third-order valence-corrected chi connectivity index (χ3v) is 3.01. The van der Waals surface area contributed by atoms with Gasteiger partial charge in [0, 0.05) is 37.8 Å². The van der Waals surface area contributed by atoms with Gasteiger partial charge >= 0.3 is 0 Å². The van der Waals surface area contributed by atoms with Crippen molar-refractivity contribution in [2.75, 3.05) is 33.4 Å². The SMILES string of the molecule is COCCNCCNCc1ccccc1Br. The first-order valence-corrected chi connectivity index (χ1v) is 6.27. The summed E-state index contributed by atoms with van der Waals surface area (Å²) < 4.78 is 6.11. The molecule has 0 aliphatic rings. The summed E-state index contributed by atoms with van der Waals surface area (Å²) >= 11 is 3.53. The maximum Gasteiger partial charge on any atom is 0.0587 e. The number of hydrogen-bond donors (Lipinski definition) is 2. The third-order valence-electron chi connectivity index (χ3n) is 2.23. The Bertz CT molecular complexity index is 294. The van der Waals surface area contributed by atoms with E-state index in [1.807, 2.05) is 6.07 Å². The molecule has 0 aliphatic carbocycles. The Balaban J connectivity index is 2.05. The predicted molar refractivity (Wildman–Crippen MR) is 70.6 cm³/mol. The van der Waals surface area contributed by atoms with E-state index in [1.165, 1.54) is 5.56 Å². The molecule has 2 N–H and O–H groups in total. The van der Waals surface area contributed by atoms with E-state index in [2.05, 4.69) is 44.8 Å². The number of nitrogens with one attached hydrogen (secondary N) is 2. The summed E-state index contributed by atoms with van der Waals surface area (Å²) in [7, 11) is 1.72. The number of halogens is 1. The van der Waals surface area contributed by atoms with E-state index in [-0.39, 0.29) is 0 Å². The van der Waals surface area contributed by atoms with Crippen molar-refractivity contribution in [2.45, 2.75) is 6.54 Å². The first kappa shape index (κ1) is 13.6. The van der Waals surface area contributed by atoms with Crippen LogP contribution >= 0.6 is 15.9 Å². The van der Waals surface area contributed by atoms with Gasteiger partial charge in [0.2, 0.25) is 0 Å². The van der Waals surface area contributed by atoms with E-state index in [9.17, 15) is 0 Å². The van der Waals surface area contributed by atoms with Gasteiger partial charge in [0.1, 0.15) is 0 Å². The standard InChI is InChI=1S/C12H19BrN2O/c1-16-9-8-14-6-7-15-10-11-4-2-3-5-12(11)13/h2-5,14-15H,6-10H2,1H3. The second-order valence-electron chi connectivity index (χ2n) is 3.51. The minimum atomic E-state index is 0.768. The van der Waals surface area contributed by atoms with Crippen LogP contribution in [-0.2, 0) is 11.3 Å². The average molecular weight is 287 g/mol. The molecule has 0 amide bonds. The van der Waals surface area contributed by atoms with Gasteiger partial charge in [-0.2, -0.15) is 0 Å². The fourth-order valence-corrected chi connectivity index (χ4v) is 1.77. The number of rotatable bonds is 8. The van der Waals surface area contributed by atoms with Crippen LogP contribution in [0.1, 0.15) is 5.56 Å². The lowest BCUT2D eigenvalue weighted by molar-refractivity contribution is 0.199. The van der Waals surface area contributed by atoms with Crippen molar-refractivity contribution in [1.29, 1.82) is 0 Å². The van der Waals surface area contributed by atoms with Crippen LogP contribution in [0, 0.1) is 0 Å². The van der Waals surface area contributed by atoms with Crippen molar-refractivity contribution in [3.05, 3.63) is 34.3 Å². The molecule has 0 aliphatic heterocycles. The molecule has 0 aromatic heterocycles. The number of hydrogen-bond acceptors (Lipinski definition) is 3. The molecule has 1 rings (SSSR count). The molecule has 4 heteroatoms. The zero-order chi connectivity index (χ0) is 11.6. The van der Waals surface area contributed by atoms with Crippen molar-refractivity contribution in [3.8, 4) is 0 Å². The van der Waals surface area contributed by atoms with Gasteiger partial charge in [0.25, 0.3) is 0 Å². The molecule has 0 radical (unpaired) electrons. The monoisotopic (exact) mass is 286 g/mol. The molecule has 0 atom stereocenters. The molecule has 0 heterocycles. The Hall–Kier alpha value is -0.420. The highest BCUT2D eigenvalue weighted by molar-refractivity contribution is 9.10. The van der Waals surface area contributed by atoms with Crippen molar-refractivity contribution in [2.24, 2.45) is 0 Å². The molecule has 0 unspecified atom stereocenters. The van der Waals surface area contributed by atoms with E-state index >= 15 is 0 Å². The summed E-state index contributed by atoms with van der Waals surface area (Å²) in [5.41, 5.74) is 1.29. The minimum Gasteiger partial charge on any atom is -0.383 e. The Morgan fingerprint density at radius 3 is 2.62 bits per heavy atom. The van der Waals surface area contributed by atoms with Crippen LogP contribution < -0.4 is 10.6 Å². The van der Waals surface area contributed by atoms with E-state index in [1.54, 1.807) is 7.11 Å². The van der Waals surface area contributed by atoms with Crippen LogP contribution in [0.4, 0.5) is 0 Å². The lowest BCUT2D eigenvalue weighted by Gasteiger charge is -2.07. The van der Waals surface area contributed by atoms with Crippen LogP contribution in [0.5, 0.6) is 0 Å². The van der Waals surface area contributed by atoms with Crippen LogP contribution in [-0.4, -0.2) is 33.4 Å². The fourth-order valence-electron chi connectivity index (χ4n) is 1.34. The Kier molecular flexibility index (Phi) is 7.42. The van der Waals surface area contributed by atoms with Crippen molar-refractivity contribution >= 4 is 15.9 Å². The van der Waals surface area contributed by atoms with Gasteiger partial charge in [-0.3, -0.25) is 0 Å². The molecular weight excluding hydrogens is 268 g/mol. The smallest absolute Gasteiger partial charge is 0.0587 e. The molecule has 0 saturated heterocycles. The van der Waals surface area contributed by atoms with E-state index in [4.69, 9.17) is 4.74 Å². The fraction of sp³-hybridized carbons (Fsp3) is 0.500. The van der Waals surface area contributed by atoms with Crippen LogP contribution in [0.2, 0.25) is 0 Å². The third kappa shape index (κ3) is 5.61. The van der Waals surface area contributed by atoms with E-state index in [0.717, 1.165) is 37.3 Å². The van der Waals surface area contributed by atoms with Gasteiger partial charge in [-0.1, -0.05) is 34.1 Å². The summed E-state index contributed by atoms with van der Waals surface area (Å²) in [5, 5.41) is 6.67. The molecule has 1 aromatic rings. The van der Waals surface area contributed by atoms with E-state index in [0.29, 0.717) is 0 Å². The lowest BCUT2D eigenvalue weighted by atomic mass is 10.2. The Labute approximate surface area is 106 Å². The van der Waals surface area contributed by atoms with Gasteiger partial charge in [-0.05, 0) is 11.6 Å². The topological polar surface area (TPSA) is 33.3 Å². The summed E-state index contributed by atoms with van der Waals surface area (Å²) in [5.74, 6) is 0. The van der Waals surface area contributed by atoms with Gasteiger partial charge in [-0.25, -0.2) is 0 Å². The van der Waals surface area contributed by atoms with Gasteiger partial charge in [0.15, 0.2) is 0 Å². The molecule has 0 bridgehead atoms. The van der Waals surface area contributed by atoms with Gasteiger partial charge in [0.05, 0.1) is 6.61 Å². The Morgan fingerprint density at radius 2 is 1.88 bits per heavy atom. The molecule has 0 fully saturated rings. The van der Waals surface area contributed by atoms with Gasteiger partial charge in [-0.15, -0.1) is 0 Å². The molecule has 16 heavy (non-hydrogen) atoms. The summed E-state index contributed by atoms with van der Waals surface area (Å²) in [4.78, 5) is 0. The molecule has 0 saturated carbocycles. The highest BCUT2D eigenvalue weighted by atomic mass is 79.9. The Morgan fingerprint density at radius 1 is 1.12 bits per heavy atom. The zero-order valence-corrected chi connectivity index (χ0v) is 11.2. The largest absolute Gasteiger partial charge is 0.383 e. The van der Waals surface area contributed by atoms with Crippen LogP contribution in [0.15, 0.2) is 28.7 Å².